The summed E-state index contributed by atoms with van der Waals surface area (Å²) in [7, 11) is 0. The van der Waals surface area contributed by atoms with Crippen LogP contribution in [0.3, 0.4) is 0 Å². The Morgan fingerprint density at radius 1 is 1.19 bits per heavy atom. The van der Waals surface area contributed by atoms with Crippen LogP contribution in [0.5, 0.6) is 5.75 Å². The van der Waals surface area contributed by atoms with Gasteiger partial charge in [-0.1, -0.05) is 13.0 Å². The predicted molar refractivity (Wildman–Crippen MR) is 89.2 cm³/mol. The molecule has 0 aliphatic carbocycles. The van der Waals surface area contributed by atoms with E-state index >= 15 is 0 Å². The van der Waals surface area contributed by atoms with E-state index in [1.165, 1.54) is 50.0 Å². The van der Waals surface area contributed by atoms with Gasteiger partial charge in [-0.05, 0) is 62.4 Å². The molecule has 1 saturated heterocycles. The molecule has 3 heteroatoms. The van der Waals surface area contributed by atoms with Crippen LogP contribution in [0.2, 0.25) is 0 Å². The van der Waals surface area contributed by atoms with Crippen molar-refractivity contribution in [2.24, 2.45) is 0 Å². The van der Waals surface area contributed by atoms with Crippen LogP contribution in [0, 0.1) is 6.92 Å². The maximum absolute atomic E-state index is 5.68. The molecule has 0 radical (unpaired) electrons. The van der Waals surface area contributed by atoms with Crippen molar-refractivity contribution in [3.8, 4) is 5.75 Å². The van der Waals surface area contributed by atoms with Crippen LogP contribution in [0.1, 0.15) is 37.3 Å². The topological polar surface area (TPSA) is 24.5 Å². The molecule has 1 aromatic rings. The number of hydrogen-bond acceptors (Lipinski definition) is 3. The molecule has 0 spiro atoms. The molecule has 21 heavy (non-hydrogen) atoms. The summed E-state index contributed by atoms with van der Waals surface area (Å²) in [6.07, 6.45) is 4.83. The molecule has 1 N–H and O–H groups in total. The van der Waals surface area contributed by atoms with Gasteiger partial charge < -0.3 is 15.0 Å². The van der Waals surface area contributed by atoms with E-state index in [0.717, 1.165) is 31.9 Å². The van der Waals surface area contributed by atoms with Gasteiger partial charge >= 0.3 is 0 Å². The molecule has 118 valence electrons. The van der Waals surface area contributed by atoms with Gasteiger partial charge in [-0.2, -0.15) is 0 Å². The minimum atomic E-state index is 0.809. The van der Waals surface area contributed by atoms with Gasteiger partial charge in [0.05, 0.1) is 6.61 Å². The second-order valence-corrected chi connectivity index (χ2v) is 5.99. The minimum absolute atomic E-state index is 0.809. The fourth-order valence-corrected chi connectivity index (χ4v) is 2.84. The molecule has 1 aromatic carbocycles. The Kier molecular flexibility index (Phi) is 7.04. The smallest absolute Gasteiger partial charge is 0.119 e. The SMILES string of the molecule is CCCOc1ccc(CCCCN2CCNCC2)c(C)c1. The average Bonchev–Trinajstić information content (AvgIpc) is 2.52. The van der Waals surface area contributed by atoms with Crippen molar-refractivity contribution in [1.82, 2.24) is 10.2 Å². The van der Waals surface area contributed by atoms with E-state index in [-0.39, 0.29) is 0 Å². The number of ether oxygens (including phenoxy) is 1. The van der Waals surface area contributed by atoms with E-state index in [9.17, 15) is 0 Å². The van der Waals surface area contributed by atoms with Crippen LogP contribution >= 0.6 is 0 Å². The van der Waals surface area contributed by atoms with Gasteiger partial charge in [0, 0.05) is 26.2 Å². The summed E-state index contributed by atoms with van der Waals surface area (Å²) in [5.41, 5.74) is 2.84. The van der Waals surface area contributed by atoms with E-state index < -0.39 is 0 Å². The van der Waals surface area contributed by atoms with Gasteiger partial charge in [-0.3, -0.25) is 0 Å². The first-order valence-corrected chi connectivity index (χ1v) is 8.45. The summed E-state index contributed by atoms with van der Waals surface area (Å²) >= 11 is 0. The first kappa shape index (κ1) is 16.3. The quantitative estimate of drug-likeness (QED) is 0.745. The van der Waals surface area contributed by atoms with Crippen LogP contribution in [0.25, 0.3) is 0 Å². The van der Waals surface area contributed by atoms with Crippen LogP contribution < -0.4 is 10.1 Å². The highest BCUT2D eigenvalue weighted by Gasteiger charge is 2.08. The number of benzene rings is 1. The van der Waals surface area contributed by atoms with E-state index in [1.807, 2.05) is 0 Å². The zero-order valence-electron chi connectivity index (χ0n) is 13.7. The molecule has 1 heterocycles. The third-order valence-corrected chi connectivity index (χ3v) is 4.17. The normalized spacial score (nSPS) is 16.1. The highest BCUT2D eigenvalue weighted by Crippen LogP contribution is 2.19. The molecule has 1 aliphatic heterocycles. The third-order valence-electron chi connectivity index (χ3n) is 4.17. The van der Waals surface area contributed by atoms with Crippen LogP contribution in [-0.2, 0) is 6.42 Å². The van der Waals surface area contributed by atoms with Crippen molar-refractivity contribution in [2.45, 2.75) is 39.5 Å². The summed E-state index contributed by atoms with van der Waals surface area (Å²) < 4.78 is 5.68. The average molecular weight is 290 g/mol. The van der Waals surface area contributed by atoms with Gasteiger partial charge in [0.25, 0.3) is 0 Å². The van der Waals surface area contributed by atoms with Gasteiger partial charge in [0.1, 0.15) is 5.75 Å². The first-order valence-electron chi connectivity index (χ1n) is 8.45. The lowest BCUT2D eigenvalue weighted by molar-refractivity contribution is 0.237. The lowest BCUT2D eigenvalue weighted by Gasteiger charge is -2.27. The molecule has 0 bridgehead atoms. The summed E-state index contributed by atoms with van der Waals surface area (Å²) in [5.74, 6) is 1.01. The second kappa shape index (κ2) is 9.06. The molecular formula is C18H30N2O. The Hall–Kier alpha value is -1.06. The van der Waals surface area contributed by atoms with E-state index in [2.05, 4.69) is 42.3 Å². The monoisotopic (exact) mass is 290 g/mol. The van der Waals surface area contributed by atoms with Crippen molar-refractivity contribution in [3.63, 3.8) is 0 Å². The van der Waals surface area contributed by atoms with Crippen LogP contribution in [0.15, 0.2) is 18.2 Å². The molecule has 1 aliphatic rings. The lowest BCUT2D eigenvalue weighted by atomic mass is 10.0. The molecule has 0 atom stereocenters. The molecule has 0 amide bonds. The van der Waals surface area contributed by atoms with Crippen molar-refractivity contribution < 1.29 is 4.74 Å². The number of hydrogen-bond donors (Lipinski definition) is 1. The third kappa shape index (κ3) is 5.68. The Morgan fingerprint density at radius 2 is 2.00 bits per heavy atom. The van der Waals surface area contributed by atoms with Gasteiger partial charge in [0.2, 0.25) is 0 Å². The molecule has 0 aromatic heterocycles. The highest BCUT2D eigenvalue weighted by molar-refractivity contribution is 5.34. The maximum Gasteiger partial charge on any atom is 0.119 e. The molecule has 2 rings (SSSR count). The Morgan fingerprint density at radius 3 is 2.71 bits per heavy atom. The number of unbranched alkanes of at least 4 members (excludes halogenated alkanes) is 1. The van der Waals surface area contributed by atoms with Crippen molar-refractivity contribution in [2.75, 3.05) is 39.3 Å². The lowest BCUT2D eigenvalue weighted by Crippen LogP contribution is -2.43. The predicted octanol–water partition coefficient (Wildman–Crippen LogP) is 3.01. The van der Waals surface area contributed by atoms with Crippen molar-refractivity contribution in [1.29, 1.82) is 0 Å². The molecular weight excluding hydrogens is 260 g/mol. The largest absolute Gasteiger partial charge is 0.494 e. The highest BCUT2D eigenvalue weighted by atomic mass is 16.5. The maximum atomic E-state index is 5.68. The summed E-state index contributed by atoms with van der Waals surface area (Å²) in [5, 5.41) is 3.40. The molecule has 1 fully saturated rings. The van der Waals surface area contributed by atoms with Crippen LogP contribution in [-0.4, -0.2) is 44.2 Å². The number of nitrogens with zero attached hydrogens (tertiary/aromatic N) is 1. The first-order chi connectivity index (χ1) is 10.3. The Bertz CT molecular complexity index is 414. The fraction of sp³-hybridized carbons (Fsp3) is 0.667. The molecule has 0 unspecified atom stereocenters. The summed E-state index contributed by atoms with van der Waals surface area (Å²) in [4.78, 5) is 2.57. The fourth-order valence-electron chi connectivity index (χ4n) is 2.84. The number of piperazine rings is 1. The summed E-state index contributed by atoms with van der Waals surface area (Å²) in [6, 6.07) is 6.54. The van der Waals surface area contributed by atoms with Gasteiger partial charge in [-0.25, -0.2) is 0 Å². The van der Waals surface area contributed by atoms with E-state index in [4.69, 9.17) is 4.74 Å². The second-order valence-electron chi connectivity index (χ2n) is 5.99. The molecule has 3 nitrogen and oxygen atoms in total. The number of rotatable bonds is 8. The Balaban J connectivity index is 1.70. The minimum Gasteiger partial charge on any atom is -0.494 e. The number of nitrogens with one attached hydrogen (secondary N) is 1. The standard InChI is InChI=1S/C18H30N2O/c1-3-14-21-18-8-7-17(16(2)15-18)6-4-5-11-20-12-9-19-10-13-20/h7-8,15,19H,3-6,9-14H2,1-2H3. The van der Waals surface area contributed by atoms with Gasteiger partial charge in [0.15, 0.2) is 0 Å². The zero-order valence-corrected chi connectivity index (χ0v) is 13.7. The van der Waals surface area contributed by atoms with Crippen molar-refractivity contribution in [3.05, 3.63) is 29.3 Å². The molecule has 0 saturated carbocycles. The Labute approximate surface area is 129 Å². The zero-order chi connectivity index (χ0) is 14.9. The summed E-state index contributed by atoms with van der Waals surface area (Å²) in [6.45, 7) is 11.1. The van der Waals surface area contributed by atoms with Crippen molar-refractivity contribution >= 4 is 0 Å². The van der Waals surface area contributed by atoms with Gasteiger partial charge in [-0.15, -0.1) is 0 Å². The van der Waals surface area contributed by atoms with E-state index in [1.54, 1.807) is 0 Å². The number of aryl methyl sites for hydroxylation is 2. The van der Waals surface area contributed by atoms with E-state index in [0.29, 0.717) is 0 Å². The van der Waals surface area contributed by atoms with Crippen LogP contribution in [0.4, 0.5) is 0 Å².